The summed E-state index contributed by atoms with van der Waals surface area (Å²) in [4.78, 5) is 0. The molecule has 0 aliphatic rings. The van der Waals surface area contributed by atoms with E-state index >= 15 is 0 Å². The maximum absolute atomic E-state index is 10.5. The molecule has 2 N–H and O–H groups in total. The van der Waals surface area contributed by atoms with Crippen LogP contribution in [0, 0.1) is 0 Å². The molecule has 0 fully saturated rings. The van der Waals surface area contributed by atoms with Crippen molar-refractivity contribution in [2.24, 2.45) is 5.73 Å². The van der Waals surface area contributed by atoms with Crippen LogP contribution in [-0.2, 0) is 4.57 Å². The first-order valence-corrected chi connectivity index (χ1v) is 4.56. The van der Waals surface area contributed by atoms with E-state index in [1.165, 1.54) is 5.57 Å². The maximum atomic E-state index is 10.5. The molecular weight excluding hydrogens is 157 g/mol. The Labute approximate surface area is 70.1 Å². The number of allylic oxidation sites excluding steroid dienone is 2. The molecule has 0 aromatic heterocycles. The number of rotatable bonds is 4. The van der Waals surface area contributed by atoms with E-state index in [0.717, 1.165) is 12.8 Å². The fourth-order valence-electron chi connectivity index (χ4n) is 0.699. The topological polar surface area (TPSA) is 43.1 Å². The van der Waals surface area contributed by atoms with Crippen LogP contribution in [0.3, 0.4) is 0 Å². The molecule has 0 saturated heterocycles. The molecule has 0 radical (unpaired) electrons. The number of nitrogens with two attached hydrogens (primary N) is 1. The standard InChI is InChI=1S/C8H16NOP/c1-7(2)5-4-6-8(3,9)11-10/h5H,4,6,9H2,1-3H3/t8-/m1/s1. The van der Waals surface area contributed by atoms with E-state index in [1.54, 1.807) is 6.92 Å². The molecule has 64 valence electrons. The van der Waals surface area contributed by atoms with Crippen molar-refractivity contribution in [1.29, 1.82) is 0 Å². The first kappa shape index (κ1) is 10.8. The maximum Gasteiger partial charge on any atom is 0.177 e. The lowest BCUT2D eigenvalue weighted by molar-refractivity contribution is 0.543. The van der Waals surface area contributed by atoms with Crippen LogP contribution in [0.2, 0.25) is 0 Å². The van der Waals surface area contributed by atoms with Gasteiger partial charge in [-0.1, -0.05) is 11.6 Å². The van der Waals surface area contributed by atoms with Gasteiger partial charge in [-0.2, -0.15) is 0 Å². The Morgan fingerprint density at radius 3 is 2.55 bits per heavy atom. The molecular formula is C8H16NOP. The SMILES string of the molecule is CC(C)=CCC[C@](C)(N)P=O. The van der Waals surface area contributed by atoms with E-state index in [4.69, 9.17) is 5.73 Å². The zero-order chi connectivity index (χ0) is 8.91. The summed E-state index contributed by atoms with van der Waals surface area (Å²) in [5.74, 6) is 0. The molecule has 3 heteroatoms. The molecule has 0 spiro atoms. The van der Waals surface area contributed by atoms with E-state index in [2.05, 4.69) is 6.08 Å². The fraction of sp³-hybridized carbons (Fsp3) is 0.750. The third-order valence-electron chi connectivity index (χ3n) is 1.41. The van der Waals surface area contributed by atoms with Crippen LogP contribution in [0.25, 0.3) is 0 Å². The zero-order valence-corrected chi connectivity index (χ0v) is 8.32. The highest BCUT2D eigenvalue weighted by Gasteiger charge is 2.16. The van der Waals surface area contributed by atoms with Crippen LogP contribution < -0.4 is 5.73 Å². The van der Waals surface area contributed by atoms with Gasteiger partial charge < -0.3 is 5.73 Å². The normalized spacial score (nSPS) is 16.0. The molecule has 0 rings (SSSR count). The van der Waals surface area contributed by atoms with E-state index in [-0.39, 0.29) is 8.46 Å². The van der Waals surface area contributed by atoms with Crippen molar-refractivity contribution in [3.05, 3.63) is 11.6 Å². The fourth-order valence-corrected chi connectivity index (χ4v) is 0.919. The second kappa shape index (κ2) is 4.63. The minimum absolute atomic E-state index is 0.0318. The largest absolute Gasteiger partial charge is 0.316 e. The zero-order valence-electron chi connectivity index (χ0n) is 7.42. The van der Waals surface area contributed by atoms with Crippen LogP contribution >= 0.6 is 8.46 Å². The van der Waals surface area contributed by atoms with E-state index in [1.807, 2.05) is 13.8 Å². The Balaban J connectivity index is 3.71. The second-order valence-electron chi connectivity index (χ2n) is 3.27. The van der Waals surface area contributed by atoms with Gasteiger partial charge in [0.05, 0.1) is 5.28 Å². The predicted octanol–water partition coefficient (Wildman–Crippen LogP) is 2.70. The lowest BCUT2D eigenvalue weighted by Crippen LogP contribution is -2.28. The summed E-state index contributed by atoms with van der Waals surface area (Å²) < 4.78 is 10.5. The van der Waals surface area contributed by atoms with Crippen molar-refractivity contribution in [3.63, 3.8) is 0 Å². The van der Waals surface area contributed by atoms with Crippen molar-refractivity contribution in [3.8, 4) is 0 Å². The Hall–Kier alpha value is -0.200. The lowest BCUT2D eigenvalue weighted by Gasteiger charge is -2.13. The summed E-state index contributed by atoms with van der Waals surface area (Å²) in [6, 6.07) is 0. The van der Waals surface area contributed by atoms with Gasteiger partial charge in [0.1, 0.15) is 0 Å². The lowest BCUT2D eigenvalue weighted by atomic mass is 10.1. The Kier molecular flexibility index (Phi) is 4.55. The Morgan fingerprint density at radius 1 is 1.64 bits per heavy atom. The van der Waals surface area contributed by atoms with Gasteiger partial charge in [0.15, 0.2) is 8.46 Å². The molecule has 2 nitrogen and oxygen atoms in total. The summed E-state index contributed by atoms with van der Waals surface area (Å²) in [7, 11) is 0.0318. The van der Waals surface area contributed by atoms with Crippen molar-refractivity contribution in [1.82, 2.24) is 0 Å². The molecule has 0 saturated carbocycles. The van der Waals surface area contributed by atoms with Gasteiger partial charge in [-0.3, -0.25) is 4.57 Å². The van der Waals surface area contributed by atoms with Crippen molar-refractivity contribution in [2.45, 2.75) is 38.9 Å². The van der Waals surface area contributed by atoms with Crippen molar-refractivity contribution >= 4 is 8.46 Å². The van der Waals surface area contributed by atoms with Crippen LogP contribution in [0.15, 0.2) is 11.6 Å². The van der Waals surface area contributed by atoms with E-state index in [9.17, 15) is 4.57 Å². The van der Waals surface area contributed by atoms with E-state index < -0.39 is 5.28 Å². The molecule has 0 aliphatic carbocycles. The number of hydrogen-bond donors (Lipinski definition) is 1. The molecule has 0 aromatic rings. The minimum atomic E-state index is -0.550. The summed E-state index contributed by atoms with van der Waals surface area (Å²) in [5.41, 5.74) is 6.93. The second-order valence-corrected chi connectivity index (χ2v) is 4.47. The highest BCUT2D eigenvalue weighted by molar-refractivity contribution is 7.25. The first-order valence-electron chi connectivity index (χ1n) is 3.75. The summed E-state index contributed by atoms with van der Waals surface area (Å²) in [6.07, 6.45) is 3.78. The molecule has 0 heterocycles. The highest BCUT2D eigenvalue weighted by Crippen LogP contribution is 2.21. The molecule has 0 bridgehead atoms. The average molecular weight is 173 g/mol. The van der Waals surface area contributed by atoms with Gasteiger partial charge in [-0.25, -0.2) is 0 Å². The van der Waals surface area contributed by atoms with Crippen molar-refractivity contribution in [2.75, 3.05) is 0 Å². The molecule has 11 heavy (non-hydrogen) atoms. The summed E-state index contributed by atoms with van der Waals surface area (Å²) in [5, 5.41) is -0.550. The molecule has 0 amide bonds. The third kappa shape index (κ3) is 6.21. The van der Waals surface area contributed by atoms with Gasteiger partial charge in [0.25, 0.3) is 0 Å². The monoisotopic (exact) mass is 173 g/mol. The highest BCUT2D eigenvalue weighted by atomic mass is 31.1. The first-order chi connectivity index (χ1) is 4.98. The van der Waals surface area contributed by atoms with Crippen LogP contribution in [0.4, 0.5) is 0 Å². The van der Waals surface area contributed by atoms with Gasteiger partial charge in [0, 0.05) is 0 Å². The smallest absolute Gasteiger partial charge is 0.177 e. The van der Waals surface area contributed by atoms with Crippen molar-refractivity contribution < 1.29 is 4.57 Å². The quantitative estimate of drug-likeness (QED) is 0.524. The van der Waals surface area contributed by atoms with Crippen LogP contribution in [0.5, 0.6) is 0 Å². The Bertz CT molecular complexity index is 159. The average Bonchev–Trinajstić information content (AvgIpc) is 1.87. The molecule has 0 aromatic carbocycles. The van der Waals surface area contributed by atoms with E-state index in [0.29, 0.717) is 0 Å². The number of hydrogen-bond acceptors (Lipinski definition) is 2. The van der Waals surface area contributed by atoms with Gasteiger partial charge in [-0.15, -0.1) is 0 Å². The third-order valence-corrected chi connectivity index (χ3v) is 2.05. The Morgan fingerprint density at radius 2 is 2.18 bits per heavy atom. The summed E-state index contributed by atoms with van der Waals surface area (Å²) >= 11 is 0. The minimum Gasteiger partial charge on any atom is -0.316 e. The van der Waals surface area contributed by atoms with Gasteiger partial charge in [0.2, 0.25) is 0 Å². The van der Waals surface area contributed by atoms with Gasteiger partial charge in [-0.05, 0) is 33.6 Å². The van der Waals surface area contributed by atoms with Gasteiger partial charge >= 0.3 is 0 Å². The van der Waals surface area contributed by atoms with Crippen LogP contribution in [0.1, 0.15) is 33.6 Å². The van der Waals surface area contributed by atoms with Crippen LogP contribution in [-0.4, -0.2) is 5.28 Å². The molecule has 0 unspecified atom stereocenters. The molecule has 1 atom stereocenters. The molecule has 0 aliphatic heterocycles. The summed E-state index contributed by atoms with van der Waals surface area (Å²) in [6.45, 7) is 5.88. The predicted molar refractivity (Wildman–Crippen MR) is 48.9 cm³/mol.